The predicted molar refractivity (Wildman–Crippen MR) is 110 cm³/mol. The van der Waals surface area contributed by atoms with Gasteiger partial charge in [-0.25, -0.2) is 8.42 Å². The molecule has 2 rings (SSSR count). The molecule has 0 radical (unpaired) electrons. The molecule has 2 aromatic rings. The lowest BCUT2D eigenvalue weighted by molar-refractivity contribution is 0.284. The molecule has 7 heteroatoms. The third-order valence-corrected chi connectivity index (χ3v) is 6.34. The van der Waals surface area contributed by atoms with Crippen LogP contribution in [0, 0.1) is 0 Å². The largest absolute Gasteiger partial charge is 0.497 e. The van der Waals surface area contributed by atoms with Gasteiger partial charge in [-0.05, 0) is 48.2 Å². The minimum Gasteiger partial charge on any atom is -0.497 e. The van der Waals surface area contributed by atoms with Gasteiger partial charge >= 0.3 is 0 Å². The second-order valence-corrected chi connectivity index (χ2v) is 8.65. The van der Waals surface area contributed by atoms with Gasteiger partial charge in [-0.1, -0.05) is 30.7 Å². The predicted octanol–water partition coefficient (Wildman–Crippen LogP) is 3.20. The average Bonchev–Trinajstić information content (AvgIpc) is 2.72. The Kier molecular flexibility index (Phi) is 8.76. The first kappa shape index (κ1) is 22.2. The highest BCUT2D eigenvalue weighted by atomic mass is 32.2. The first-order valence-electron chi connectivity index (χ1n) is 9.33. The Morgan fingerprint density at radius 3 is 1.64 bits per heavy atom. The van der Waals surface area contributed by atoms with Crippen molar-refractivity contribution in [3.8, 4) is 11.5 Å². The summed E-state index contributed by atoms with van der Waals surface area (Å²) in [7, 11) is -0.243. The molecule has 0 aliphatic rings. The van der Waals surface area contributed by atoms with Crippen LogP contribution in [-0.4, -0.2) is 44.4 Å². The van der Waals surface area contributed by atoms with Crippen molar-refractivity contribution in [2.45, 2.75) is 32.4 Å². The number of methoxy groups -OCH3 is 2. The molecule has 0 atom stereocenters. The lowest BCUT2D eigenvalue weighted by Gasteiger charge is -2.23. The second kappa shape index (κ2) is 11.0. The fraction of sp³-hybridized carbons (Fsp3) is 0.429. The van der Waals surface area contributed by atoms with Gasteiger partial charge in [0, 0.05) is 19.7 Å². The molecule has 0 aromatic heterocycles. The fourth-order valence-electron chi connectivity index (χ4n) is 2.82. The maximum Gasteiger partial charge on any atom is 0.214 e. The van der Waals surface area contributed by atoms with Gasteiger partial charge in [-0.2, -0.15) is 4.31 Å². The van der Waals surface area contributed by atoms with Crippen LogP contribution in [0.25, 0.3) is 0 Å². The third kappa shape index (κ3) is 6.82. The molecule has 0 saturated carbocycles. The van der Waals surface area contributed by atoms with Gasteiger partial charge < -0.3 is 14.6 Å². The zero-order chi connectivity index (χ0) is 20.4. The van der Waals surface area contributed by atoms with E-state index in [4.69, 9.17) is 14.6 Å². The molecule has 0 aliphatic heterocycles. The summed E-state index contributed by atoms with van der Waals surface area (Å²) in [6.45, 7) is 0.665. The van der Waals surface area contributed by atoms with E-state index >= 15 is 0 Å². The molecule has 2 aromatic carbocycles. The molecule has 0 unspecified atom stereocenters. The van der Waals surface area contributed by atoms with Crippen molar-refractivity contribution in [1.29, 1.82) is 0 Å². The summed E-state index contributed by atoms with van der Waals surface area (Å²) in [6.07, 6.45) is 1.84. The van der Waals surface area contributed by atoms with E-state index < -0.39 is 10.0 Å². The summed E-state index contributed by atoms with van der Waals surface area (Å²) in [4.78, 5) is 0. The highest BCUT2D eigenvalue weighted by Crippen LogP contribution is 2.20. The molecule has 0 saturated heterocycles. The molecule has 6 nitrogen and oxygen atoms in total. The van der Waals surface area contributed by atoms with Crippen molar-refractivity contribution in [3.05, 3.63) is 59.7 Å². The Hall–Kier alpha value is -2.09. The molecule has 28 heavy (non-hydrogen) atoms. The first-order valence-corrected chi connectivity index (χ1v) is 10.9. The van der Waals surface area contributed by atoms with Crippen molar-refractivity contribution in [3.63, 3.8) is 0 Å². The van der Waals surface area contributed by atoms with Crippen LogP contribution in [0.4, 0.5) is 0 Å². The summed E-state index contributed by atoms with van der Waals surface area (Å²) in [5, 5.41) is 8.90. The quantitative estimate of drug-likeness (QED) is 0.547. The highest BCUT2D eigenvalue weighted by Gasteiger charge is 2.22. The minimum absolute atomic E-state index is 0.0688. The average molecular weight is 408 g/mol. The van der Waals surface area contributed by atoms with Crippen LogP contribution >= 0.6 is 0 Å². The number of unbranched alkanes of at least 4 members (excludes halogenated alkanes) is 2. The number of hydrogen-bond acceptors (Lipinski definition) is 5. The van der Waals surface area contributed by atoms with E-state index in [1.54, 1.807) is 14.2 Å². The highest BCUT2D eigenvalue weighted by molar-refractivity contribution is 7.89. The number of rotatable bonds is 12. The topological polar surface area (TPSA) is 76.1 Å². The number of aliphatic hydroxyl groups is 1. The normalized spacial score (nSPS) is 11.6. The standard InChI is InChI=1S/C21H29NO5S/c1-26-20-10-6-18(7-11-20)16-22(28(24,25)15-5-3-4-14-23)17-19-8-12-21(27-2)13-9-19/h6-13,23H,3-5,14-17H2,1-2H3. The van der Waals surface area contributed by atoms with Crippen molar-refractivity contribution < 1.29 is 23.0 Å². The summed E-state index contributed by atoms with van der Waals surface area (Å²) in [5.74, 6) is 1.54. The Bertz CT molecular complexity index is 754. The number of hydrogen-bond donors (Lipinski definition) is 1. The van der Waals surface area contributed by atoms with Crippen molar-refractivity contribution in [2.24, 2.45) is 0 Å². The fourth-order valence-corrected chi connectivity index (χ4v) is 4.34. The molecule has 0 bridgehead atoms. The summed E-state index contributed by atoms with van der Waals surface area (Å²) < 4.78 is 37.8. The number of nitrogens with zero attached hydrogens (tertiary/aromatic N) is 1. The van der Waals surface area contributed by atoms with Gasteiger partial charge in [0.2, 0.25) is 10.0 Å². The molecule has 154 valence electrons. The number of benzene rings is 2. The van der Waals surface area contributed by atoms with Crippen LogP contribution in [0.15, 0.2) is 48.5 Å². The first-order chi connectivity index (χ1) is 13.5. The van der Waals surface area contributed by atoms with Crippen LogP contribution < -0.4 is 9.47 Å². The molecule has 0 fully saturated rings. The Balaban J connectivity index is 2.17. The summed E-state index contributed by atoms with van der Waals surface area (Å²) in [6, 6.07) is 14.8. The van der Waals surface area contributed by atoms with E-state index in [0.29, 0.717) is 32.4 Å². The van der Waals surface area contributed by atoms with Gasteiger partial charge in [0.1, 0.15) is 11.5 Å². The molecule has 0 spiro atoms. The van der Waals surface area contributed by atoms with Crippen LogP contribution in [-0.2, 0) is 23.1 Å². The zero-order valence-corrected chi connectivity index (χ0v) is 17.3. The molecule has 1 N–H and O–H groups in total. The number of ether oxygens (including phenoxy) is 2. The Morgan fingerprint density at radius 2 is 1.25 bits per heavy atom. The smallest absolute Gasteiger partial charge is 0.214 e. The summed E-state index contributed by atoms with van der Waals surface area (Å²) >= 11 is 0. The molecule has 0 heterocycles. The van der Waals surface area contributed by atoms with Crippen LogP contribution in [0.1, 0.15) is 30.4 Å². The van der Waals surface area contributed by atoms with Gasteiger partial charge in [0.05, 0.1) is 20.0 Å². The van der Waals surface area contributed by atoms with E-state index in [2.05, 4.69) is 0 Å². The van der Waals surface area contributed by atoms with Gasteiger partial charge in [-0.3, -0.25) is 0 Å². The number of aliphatic hydroxyl groups excluding tert-OH is 1. The van der Waals surface area contributed by atoms with Crippen LogP contribution in [0.2, 0.25) is 0 Å². The van der Waals surface area contributed by atoms with Gasteiger partial charge in [-0.15, -0.1) is 0 Å². The van der Waals surface area contributed by atoms with E-state index in [1.165, 1.54) is 4.31 Å². The second-order valence-electron chi connectivity index (χ2n) is 6.56. The van der Waals surface area contributed by atoms with Crippen molar-refractivity contribution in [2.75, 3.05) is 26.6 Å². The van der Waals surface area contributed by atoms with E-state index in [0.717, 1.165) is 22.6 Å². The van der Waals surface area contributed by atoms with Crippen LogP contribution in [0.5, 0.6) is 11.5 Å². The van der Waals surface area contributed by atoms with Crippen LogP contribution in [0.3, 0.4) is 0 Å². The molecule has 0 aliphatic carbocycles. The number of sulfonamides is 1. The molecule has 0 amide bonds. The Morgan fingerprint density at radius 1 is 0.786 bits per heavy atom. The van der Waals surface area contributed by atoms with Crippen molar-refractivity contribution in [1.82, 2.24) is 4.31 Å². The van der Waals surface area contributed by atoms with E-state index in [-0.39, 0.29) is 12.4 Å². The SMILES string of the molecule is COc1ccc(CN(Cc2ccc(OC)cc2)S(=O)(=O)CCCCCO)cc1. The van der Waals surface area contributed by atoms with Crippen molar-refractivity contribution >= 4 is 10.0 Å². The van der Waals surface area contributed by atoms with E-state index in [1.807, 2.05) is 48.5 Å². The molecular formula is C21H29NO5S. The monoisotopic (exact) mass is 407 g/mol. The maximum absolute atomic E-state index is 13.0. The maximum atomic E-state index is 13.0. The summed E-state index contributed by atoms with van der Waals surface area (Å²) in [5.41, 5.74) is 1.79. The van der Waals surface area contributed by atoms with Gasteiger partial charge in [0.25, 0.3) is 0 Å². The zero-order valence-electron chi connectivity index (χ0n) is 16.5. The molecular weight excluding hydrogens is 378 g/mol. The minimum atomic E-state index is -3.44. The lowest BCUT2D eigenvalue weighted by atomic mass is 10.2. The van der Waals surface area contributed by atoms with Gasteiger partial charge in [0.15, 0.2) is 0 Å². The van der Waals surface area contributed by atoms with E-state index in [9.17, 15) is 8.42 Å². The lowest BCUT2D eigenvalue weighted by Crippen LogP contribution is -2.32. The Labute approximate surface area is 167 Å². The third-order valence-electron chi connectivity index (χ3n) is 4.49.